The second-order valence-corrected chi connectivity index (χ2v) is 18.6. The molecule has 1 saturated heterocycles. The number of phosphoric acid groups is 3. The van der Waals surface area contributed by atoms with Gasteiger partial charge in [0.25, 0.3) is 0 Å². The van der Waals surface area contributed by atoms with Crippen LogP contribution in [0.3, 0.4) is 0 Å². The molecule has 1 heterocycles. The van der Waals surface area contributed by atoms with E-state index in [1.54, 1.807) is 0 Å². The zero-order chi connectivity index (χ0) is 33.0. The summed E-state index contributed by atoms with van der Waals surface area (Å²) in [7, 11) is -10.8. The van der Waals surface area contributed by atoms with Gasteiger partial charge in [-0.1, -0.05) is 12.8 Å². The normalized spacial score (nSPS) is 25.5. The Morgan fingerprint density at radius 1 is 0.977 bits per heavy atom. The first-order valence-corrected chi connectivity index (χ1v) is 20.8. The number of nitrogens with one attached hydrogen (secondary N) is 1. The topological polar surface area (TPSA) is 199 Å². The first kappa shape index (κ1) is 40.3. The summed E-state index contributed by atoms with van der Waals surface area (Å²) in [6, 6.07) is 0. The number of nitrogens with two attached hydrogens (primary N) is 1. The van der Waals surface area contributed by atoms with Crippen LogP contribution >= 0.6 is 31.4 Å². The lowest BCUT2D eigenvalue weighted by molar-refractivity contribution is -0.0773. The van der Waals surface area contributed by atoms with Crippen LogP contribution in [0.25, 0.3) is 0 Å². The van der Waals surface area contributed by atoms with Gasteiger partial charge in [0.2, 0.25) is 5.65 Å². The Labute approximate surface area is 261 Å². The number of hydrogen-bond donors (Lipinski definition) is 2. The van der Waals surface area contributed by atoms with Crippen LogP contribution in [-0.4, -0.2) is 97.3 Å². The molecule has 1 aliphatic carbocycles. The van der Waals surface area contributed by atoms with E-state index < -0.39 is 49.8 Å². The summed E-state index contributed by atoms with van der Waals surface area (Å²) in [6.07, 6.45) is 3.76. The highest BCUT2D eigenvalue weighted by molar-refractivity contribution is 7.74. The molecule has 0 radical (unpaired) electrons. The highest BCUT2D eigenvalue weighted by atomic mass is 31.3. The van der Waals surface area contributed by atoms with Crippen molar-refractivity contribution in [2.45, 2.75) is 83.0 Å². The van der Waals surface area contributed by atoms with Crippen LogP contribution in [0.4, 0.5) is 4.79 Å². The smallest absolute Gasteiger partial charge is 0.378 e. The molecule has 0 spiro atoms. The van der Waals surface area contributed by atoms with Crippen molar-refractivity contribution in [2.75, 3.05) is 61.0 Å². The largest absolute Gasteiger partial charge is 0.492 e. The van der Waals surface area contributed by atoms with Gasteiger partial charge in [-0.25, -0.2) is 13.7 Å². The summed E-state index contributed by atoms with van der Waals surface area (Å²) >= 11 is 0. The molecule has 0 bridgehead atoms. The minimum absolute atomic E-state index is 0.0312. The summed E-state index contributed by atoms with van der Waals surface area (Å²) < 4.78 is 90.5. The molecule has 1 aliphatic heterocycles. The maximum Gasteiger partial charge on any atom is 0.492 e. The Kier molecular flexibility index (Phi) is 17.6. The van der Waals surface area contributed by atoms with Gasteiger partial charge >= 0.3 is 23.5 Å². The number of amides is 1. The molecule has 16 nitrogen and oxygen atoms in total. The first-order chi connectivity index (χ1) is 20.7. The summed E-state index contributed by atoms with van der Waals surface area (Å²) in [5.74, 6) is 0.329. The molecule has 20 heteroatoms. The number of hydrogen-bond acceptors (Lipinski definition) is 15. The third-order valence-electron chi connectivity index (χ3n) is 7.13. The van der Waals surface area contributed by atoms with Gasteiger partial charge in [-0.05, 0) is 53.4 Å². The second-order valence-electron chi connectivity index (χ2n) is 10.6. The average molecular weight is 715 g/mol. The molecule has 2 rings (SSSR count). The van der Waals surface area contributed by atoms with Crippen molar-refractivity contribution in [1.82, 2.24) is 5.32 Å². The monoisotopic (exact) mass is 714 g/mol. The molecule has 1 saturated carbocycles. The summed E-state index contributed by atoms with van der Waals surface area (Å²) in [5.41, 5.74) is 6.24. The highest BCUT2D eigenvalue weighted by Gasteiger charge is 2.47. The zero-order valence-corrected chi connectivity index (χ0v) is 30.2. The van der Waals surface area contributed by atoms with Crippen LogP contribution in [0.1, 0.15) is 52.4 Å². The van der Waals surface area contributed by atoms with E-state index in [1.165, 1.54) is 0 Å². The Morgan fingerprint density at radius 3 is 2.14 bits per heavy atom. The average Bonchev–Trinajstić information content (AvgIpc) is 3.66. The van der Waals surface area contributed by atoms with Gasteiger partial charge in [0, 0.05) is 47.8 Å². The van der Waals surface area contributed by atoms with Gasteiger partial charge in [0.05, 0.1) is 31.5 Å². The Balaban J connectivity index is 1.99. The Morgan fingerprint density at radius 2 is 1.57 bits per heavy atom. The molecule has 0 aromatic carbocycles. The molecule has 44 heavy (non-hydrogen) atoms. The molecule has 1 amide bonds. The zero-order valence-electron chi connectivity index (χ0n) is 26.6. The molecule has 2 aliphatic rings. The minimum atomic E-state index is -4.82. The Bertz CT molecular complexity index is 1010. The van der Waals surface area contributed by atoms with E-state index in [2.05, 4.69) is 14.4 Å². The maximum atomic E-state index is 13.3. The Hall–Kier alpha value is 0.150. The lowest BCUT2D eigenvalue weighted by Gasteiger charge is -2.26. The summed E-state index contributed by atoms with van der Waals surface area (Å²) in [5, 5.41) is 2.91. The lowest BCUT2D eigenvalue weighted by atomic mass is 9.97. The fourth-order valence-corrected chi connectivity index (χ4v) is 10.1. The molecule has 2 fully saturated rings. The van der Waals surface area contributed by atoms with E-state index in [4.69, 9.17) is 42.1 Å². The molecular formula is C24H50N2O14P4. The summed E-state index contributed by atoms with van der Waals surface area (Å²) in [4.78, 5) is 12.5. The van der Waals surface area contributed by atoms with Gasteiger partial charge in [-0.3, -0.25) is 27.4 Å². The number of phosphoric ester groups is 2. The molecule has 260 valence electrons. The van der Waals surface area contributed by atoms with Crippen molar-refractivity contribution in [3.8, 4) is 0 Å². The van der Waals surface area contributed by atoms with E-state index >= 15 is 0 Å². The minimum Gasteiger partial charge on any atom is -0.378 e. The second kappa shape index (κ2) is 19.2. The fraction of sp³-hybridized carbons (Fsp3) is 0.958. The molecule has 0 aromatic heterocycles. The quantitative estimate of drug-likeness (QED) is 0.104. The molecule has 0 aromatic rings. The van der Waals surface area contributed by atoms with Crippen LogP contribution in [0.5, 0.6) is 0 Å². The van der Waals surface area contributed by atoms with Crippen LogP contribution in [-0.2, 0) is 59.1 Å². The van der Waals surface area contributed by atoms with Crippen molar-refractivity contribution in [2.24, 2.45) is 11.7 Å². The molecular weight excluding hydrogens is 664 g/mol. The van der Waals surface area contributed by atoms with Crippen molar-refractivity contribution in [3.63, 3.8) is 0 Å². The number of carbonyl (C=O) groups is 1. The van der Waals surface area contributed by atoms with Gasteiger partial charge in [0.15, 0.2) is 0 Å². The van der Waals surface area contributed by atoms with Gasteiger partial charge in [0.1, 0.15) is 12.3 Å². The van der Waals surface area contributed by atoms with Crippen molar-refractivity contribution in [3.05, 3.63) is 0 Å². The third kappa shape index (κ3) is 13.3. The highest BCUT2D eigenvalue weighted by Crippen LogP contribution is 2.72. The SMILES string of the molecule is COP(=O)(OC)OP(=O)(OC)OP(=O)(OC)OCC1OC(C2CCCC2)C[C@H]1OC(N)CCNC(=O)P(C)CCOC(C)C. The molecule has 6 unspecified atom stereocenters. The third-order valence-corrected chi connectivity index (χ3v) is 14.3. The van der Waals surface area contributed by atoms with E-state index in [9.17, 15) is 18.5 Å². The number of carbonyl (C=O) groups excluding carboxylic acids is 1. The van der Waals surface area contributed by atoms with Crippen LogP contribution < -0.4 is 11.1 Å². The van der Waals surface area contributed by atoms with Gasteiger partial charge in [-0.2, -0.15) is 8.62 Å². The van der Waals surface area contributed by atoms with E-state index in [1.807, 2.05) is 20.5 Å². The lowest BCUT2D eigenvalue weighted by Crippen LogP contribution is -2.38. The fourth-order valence-electron chi connectivity index (χ4n) is 4.69. The number of rotatable bonds is 22. The first-order valence-electron chi connectivity index (χ1n) is 14.5. The van der Waals surface area contributed by atoms with Gasteiger partial charge in [-0.15, -0.1) is 0 Å². The van der Waals surface area contributed by atoms with Crippen molar-refractivity contribution < 1.29 is 63.9 Å². The van der Waals surface area contributed by atoms with Crippen molar-refractivity contribution >= 4 is 37.0 Å². The predicted octanol–water partition coefficient (Wildman–Crippen LogP) is 5.60. The van der Waals surface area contributed by atoms with Crippen LogP contribution in [0.15, 0.2) is 0 Å². The predicted molar refractivity (Wildman–Crippen MR) is 164 cm³/mol. The van der Waals surface area contributed by atoms with E-state index in [0.29, 0.717) is 38.1 Å². The molecule has 3 N–H and O–H groups in total. The maximum absolute atomic E-state index is 13.3. The molecule has 7 atom stereocenters. The van der Waals surface area contributed by atoms with Crippen LogP contribution in [0, 0.1) is 5.92 Å². The standard InChI is InChI=1S/C24H50N2O14P4/c1-18(2)35-14-15-41(7)24(27)26-13-12-23(25)38-21-16-20(19-10-8-9-11-19)37-22(21)17-36-43(29,33-5)40-44(30,34-6)39-42(28,31-3)32-4/h18-23H,8-17,25H2,1-7H3,(H,26,27)/t20?,21-,22?,23?,41?,43?,44?/m1/s1. The summed E-state index contributed by atoms with van der Waals surface area (Å²) in [6.45, 7) is 6.31. The van der Waals surface area contributed by atoms with E-state index in [-0.39, 0.29) is 24.5 Å². The van der Waals surface area contributed by atoms with Crippen molar-refractivity contribution in [1.29, 1.82) is 0 Å². The van der Waals surface area contributed by atoms with Gasteiger partial charge < -0.3 is 25.3 Å². The number of ether oxygens (including phenoxy) is 3. The van der Waals surface area contributed by atoms with Crippen LogP contribution in [0.2, 0.25) is 0 Å². The van der Waals surface area contributed by atoms with E-state index in [0.717, 1.165) is 54.1 Å².